The largest absolute Gasteiger partial charge is 0.493 e. The highest BCUT2D eigenvalue weighted by atomic mass is 19.4. The van der Waals surface area contributed by atoms with Gasteiger partial charge in [-0.15, -0.1) is 0 Å². The lowest BCUT2D eigenvalue weighted by Crippen LogP contribution is -2.79. The third kappa shape index (κ3) is 5.07. The number of piperidine rings is 1. The maximum atomic E-state index is 13.7. The molecule has 3 aromatic rings. The second-order valence-corrected chi connectivity index (χ2v) is 13.4. The summed E-state index contributed by atoms with van der Waals surface area (Å²) in [5.41, 5.74) is 1.26. The Balaban J connectivity index is 1.25. The maximum Gasteiger partial charge on any atom is 0.416 e. The summed E-state index contributed by atoms with van der Waals surface area (Å²) >= 11 is 0. The molecule has 2 bridgehead atoms. The zero-order valence-electron chi connectivity index (χ0n) is 27.3. The molecule has 2 aliphatic carbocycles. The Morgan fingerprint density at radius 1 is 1.08 bits per heavy atom. The predicted molar refractivity (Wildman–Crippen MR) is 174 cm³/mol. The van der Waals surface area contributed by atoms with Crippen LogP contribution in [0.1, 0.15) is 54.0 Å². The van der Waals surface area contributed by atoms with Gasteiger partial charge in [-0.25, -0.2) is 0 Å². The average Bonchev–Trinajstić information content (AvgIpc) is 3.42. The van der Waals surface area contributed by atoms with Gasteiger partial charge in [0, 0.05) is 32.2 Å². The van der Waals surface area contributed by atoms with Gasteiger partial charge in [0.15, 0.2) is 11.5 Å². The zero-order valence-corrected chi connectivity index (χ0v) is 27.3. The van der Waals surface area contributed by atoms with Gasteiger partial charge in [-0.1, -0.05) is 48.5 Å². The number of nitrogens with zero attached hydrogens (tertiary/aromatic N) is 2. The van der Waals surface area contributed by atoms with Crippen LogP contribution in [0, 0.1) is 0 Å². The number of likely N-dealkylation sites (N-methyl/N-ethyl adjacent to an activating group) is 1. The third-order valence-corrected chi connectivity index (χ3v) is 11.0. The fourth-order valence-corrected chi connectivity index (χ4v) is 9.04. The normalized spacial score (nSPS) is 27.2. The smallest absolute Gasteiger partial charge is 0.416 e. The lowest BCUT2D eigenvalue weighted by atomic mass is 9.48. The molecule has 1 saturated carbocycles. The number of carbonyl (C=O) groups is 2. The fraction of sp³-hybridized carbons (Fsp3) is 0.421. The van der Waals surface area contributed by atoms with Gasteiger partial charge in [-0.3, -0.25) is 14.5 Å². The van der Waals surface area contributed by atoms with E-state index in [-0.39, 0.29) is 23.5 Å². The van der Waals surface area contributed by atoms with Crippen LogP contribution in [0.5, 0.6) is 11.5 Å². The molecule has 5 atom stereocenters. The molecule has 7 nitrogen and oxygen atoms in total. The van der Waals surface area contributed by atoms with Crippen LogP contribution in [0.25, 0.3) is 6.08 Å². The number of benzene rings is 3. The van der Waals surface area contributed by atoms with Gasteiger partial charge in [-0.2, -0.15) is 13.2 Å². The van der Waals surface area contributed by atoms with E-state index in [0.29, 0.717) is 37.2 Å². The standard InChI is InChI=1S/C38H39F3N2O5/c1-24(44)48-37-18-16-29(42(2)32(45)15-12-26-10-7-11-28(22-26)38(39,40)41)35-36(37)19-21-43(20-17-25-8-5-4-6-9-25)31(37)23-27-13-14-30(46-3)34(47-35)33(27)36/h4-15,22,29,31,35H,16-21,23H2,1-3H3/t29-,31+,35-,36-,37+/m0/s1. The Morgan fingerprint density at radius 3 is 2.60 bits per heavy atom. The Bertz CT molecular complexity index is 1760. The van der Waals surface area contributed by atoms with Crippen LogP contribution in [0.15, 0.2) is 72.8 Å². The molecule has 0 aromatic heterocycles. The van der Waals surface area contributed by atoms with Gasteiger partial charge in [0.1, 0.15) is 11.7 Å². The minimum Gasteiger partial charge on any atom is -0.493 e. The minimum absolute atomic E-state index is 0.0976. The van der Waals surface area contributed by atoms with E-state index in [9.17, 15) is 22.8 Å². The van der Waals surface area contributed by atoms with E-state index in [1.54, 1.807) is 19.1 Å². The Labute approximate surface area is 278 Å². The molecule has 1 spiro atoms. The summed E-state index contributed by atoms with van der Waals surface area (Å²) in [5, 5.41) is 0. The summed E-state index contributed by atoms with van der Waals surface area (Å²) in [5.74, 6) is 0.527. The van der Waals surface area contributed by atoms with Gasteiger partial charge in [0.05, 0.1) is 30.2 Å². The Hall–Kier alpha value is -4.31. The minimum atomic E-state index is -4.48. The molecule has 2 aliphatic heterocycles. The van der Waals surface area contributed by atoms with Crippen molar-refractivity contribution in [1.82, 2.24) is 9.80 Å². The van der Waals surface area contributed by atoms with E-state index in [1.165, 1.54) is 36.8 Å². The number of halogens is 3. The van der Waals surface area contributed by atoms with Crippen molar-refractivity contribution >= 4 is 18.0 Å². The third-order valence-electron chi connectivity index (χ3n) is 11.0. The molecule has 0 N–H and O–H groups in total. The fourth-order valence-electron chi connectivity index (χ4n) is 9.04. The highest BCUT2D eigenvalue weighted by Crippen LogP contribution is 2.67. The number of hydrogen-bond acceptors (Lipinski definition) is 6. The number of amides is 1. The molecule has 0 radical (unpaired) electrons. The van der Waals surface area contributed by atoms with E-state index in [1.807, 2.05) is 24.3 Å². The summed E-state index contributed by atoms with van der Waals surface area (Å²) in [6, 6.07) is 18.8. The molecule has 10 heteroatoms. The number of rotatable bonds is 8. The molecule has 0 unspecified atom stereocenters. The molecule has 7 rings (SSSR count). The van der Waals surface area contributed by atoms with E-state index < -0.39 is 34.9 Å². The quantitative estimate of drug-likeness (QED) is 0.211. The molecule has 3 aromatic carbocycles. The first kappa shape index (κ1) is 32.2. The lowest BCUT2D eigenvalue weighted by molar-refractivity contribution is -0.223. The average molecular weight is 661 g/mol. The molecule has 1 saturated heterocycles. The number of methoxy groups -OCH3 is 1. The van der Waals surface area contributed by atoms with Gasteiger partial charge in [0.25, 0.3) is 0 Å². The first-order valence-corrected chi connectivity index (χ1v) is 16.5. The highest BCUT2D eigenvalue weighted by molar-refractivity contribution is 5.92. The van der Waals surface area contributed by atoms with E-state index in [2.05, 4.69) is 23.1 Å². The number of alkyl halides is 3. The monoisotopic (exact) mass is 660 g/mol. The number of esters is 1. The molecular formula is C38H39F3N2O5. The first-order valence-electron chi connectivity index (χ1n) is 16.5. The van der Waals surface area contributed by atoms with E-state index in [0.717, 1.165) is 42.8 Å². The maximum absolute atomic E-state index is 13.7. The molecule has 4 aliphatic rings. The molecule has 48 heavy (non-hydrogen) atoms. The van der Waals surface area contributed by atoms with Crippen LogP contribution < -0.4 is 9.47 Å². The molecule has 252 valence electrons. The van der Waals surface area contributed by atoms with Crippen LogP contribution >= 0.6 is 0 Å². The van der Waals surface area contributed by atoms with Crippen molar-refractivity contribution in [3.63, 3.8) is 0 Å². The first-order chi connectivity index (χ1) is 23.0. The van der Waals surface area contributed by atoms with Crippen molar-refractivity contribution in [2.75, 3.05) is 27.2 Å². The Kier molecular flexibility index (Phi) is 8.05. The molecular weight excluding hydrogens is 621 g/mol. The van der Waals surface area contributed by atoms with Crippen molar-refractivity contribution in [3.05, 3.63) is 101 Å². The van der Waals surface area contributed by atoms with Crippen LogP contribution in [0.4, 0.5) is 13.2 Å². The number of likely N-dealkylation sites (tertiary alicyclic amines) is 1. The number of carbonyl (C=O) groups excluding carboxylic acids is 2. The van der Waals surface area contributed by atoms with Crippen LogP contribution in [-0.4, -0.2) is 72.7 Å². The second-order valence-electron chi connectivity index (χ2n) is 13.4. The highest BCUT2D eigenvalue weighted by Gasteiger charge is 2.75. The SMILES string of the molecule is COc1ccc2c3c1O[C@H]1[C@@H](N(C)C(=O)C=Cc4cccc(C(F)(F)F)c4)CC[C@@]4(OC(C)=O)[C@@H](C2)N(CCc2ccccc2)CC[C@]314. The topological polar surface area (TPSA) is 68.3 Å². The summed E-state index contributed by atoms with van der Waals surface area (Å²) in [6.07, 6.45) is 0.932. The summed E-state index contributed by atoms with van der Waals surface area (Å²) in [4.78, 5) is 30.8. The number of ether oxygens (including phenoxy) is 3. The predicted octanol–water partition coefficient (Wildman–Crippen LogP) is 6.22. The van der Waals surface area contributed by atoms with Crippen LogP contribution in [-0.2, 0) is 38.8 Å². The zero-order chi connectivity index (χ0) is 33.8. The lowest BCUT2D eigenvalue weighted by Gasteiger charge is -2.65. The van der Waals surface area contributed by atoms with E-state index in [4.69, 9.17) is 14.2 Å². The van der Waals surface area contributed by atoms with Crippen LogP contribution in [0.2, 0.25) is 0 Å². The molecule has 2 fully saturated rings. The molecule has 1 amide bonds. The van der Waals surface area contributed by atoms with Crippen molar-refractivity contribution in [2.45, 2.75) is 74.4 Å². The van der Waals surface area contributed by atoms with Gasteiger partial charge < -0.3 is 19.1 Å². The van der Waals surface area contributed by atoms with Crippen molar-refractivity contribution in [1.29, 1.82) is 0 Å². The Morgan fingerprint density at radius 2 is 1.88 bits per heavy atom. The van der Waals surface area contributed by atoms with Gasteiger partial charge in [0.2, 0.25) is 5.91 Å². The van der Waals surface area contributed by atoms with Gasteiger partial charge >= 0.3 is 12.1 Å². The second kappa shape index (κ2) is 12.0. The van der Waals surface area contributed by atoms with Crippen molar-refractivity contribution in [3.8, 4) is 11.5 Å². The molecule has 2 heterocycles. The van der Waals surface area contributed by atoms with Crippen molar-refractivity contribution < 1.29 is 37.0 Å². The summed E-state index contributed by atoms with van der Waals surface area (Å²) in [6.45, 7) is 3.03. The summed E-state index contributed by atoms with van der Waals surface area (Å²) < 4.78 is 59.1. The number of hydrogen-bond donors (Lipinski definition) is 0. The van der Waals surface area contributed by atoms with Crippen LogP contribution in [0.3, 0.4) is 0 Å². The van der Waals surface area contributed by atoms with Gasteiger partial charge in [-0.05, 0) is 79.6 Å². The van der Waals surface area contributed by atoms with E-state index >= 15 is 0 Å². The van der Waals surface area contributed by atoms with Crippen molar-refractivity contribution in [2.24, 2.45) is 0 Å². The summed E-state index contributed by atoms with van der Waals surface area (Å²) in [7, 11) is 3.31.